The number of hydrogen-bond donors (Lipinski definition) is 0. The highest BCUT2D eigenvalue weighted by atomic mass is 15.0. The van der Waals surface area contributed by atoms with E-state index >= 15 is 0 Å². The van der Waals surface area contributed by atoms with E-state index in [9.17, 15) is 0 Å². The van der Waals surface area contributed by atoms with E-state index in [1.807, 2.05) is 18.2 Å². The summed E-state index contributed by atoms with van der Waals surface area (Å²) in [6, 6.07) is 43.8. The molecule has 9 aromatic rings. The fourth-order valence-electron chi connectivity index (χ4n) is 6.76. The van der Waals surface area contributed by atoms with E-state index in [4.69, 9.17) is 6.57 Å². The van der Waals surface area contributed by atoms with Crippen molar-refractivity contribution < 1.29 is 0 Å². The van der Waals surface area contributed by atoms with Crippen molar-refractivity contribution in [3.8, 4) is 16.8 Å². The van der Waals surface area contributed by atoms with E-state index in [1.165, 1.54) is 65.1 Å². The molecular weight excluding hydrogens is 472 g/mol. The average Bonchev–Trinajstić information content (AvgIpc) is 3.33. The van der Waals surface area contributed by atoms with E-state index in [1.54, 1.807) is 0 Å². The SMILES string of the molecule is [C-]#[N+]c1cc2ccc3cc(-c4cc5ccc6cccc7ccc(c4)c5c67)cc4c3c2c(c1)n4-c1ccccc1. The summed E-state index contributed by atoms with van der Waals surface area (Å²) in [7, 11) is 0. The second kappa shape index (κ2) is 7.34. The number of nitrogens with zero attached hydrogens (tertiary/aromatic N) is 2. The quantitative estimate of drug-likeness (QED) is 0.168. The molecule has 8 aromatic carbocycles. The first-order valence-electron chi connectivity index (χ1n) is 13.2. The molecule has 0 fully saturated rings. The molecule has 0 amide bonds. The summed E-state index contributed by atoms with van der Waals surface area (Å²) in [5.74, 6) is 0. The number of para-hydroxylation sites is 1. The highest BCUT2D eigenvalue weighted by Gasteiger charge is 2.19. The summed E-state index contributed by atoms with van der Waals surface area (Å²) in [4.78, 5) is 3.79. The van der Waals surface area contributed by atoms with Gasteiger partial charge in [0.05, 0.1) is 12.1 Å². The molecule has 39 heavy (non-hydrogen) atoms. The van der Waals surface area contributed by atoms with E-state index < -0.39 is 0 Å². The maximum atomic E-state index is 7.71. The average molecular weight is 493 g/mol. The summed E-state index contributed by atoms with van der Waals surface area (Å²) >= 11 is 0. The zero-order valence-corrected chi connectivity index (χ0v) is 20.9. The zero-order chi connectivity index (χ0) is 25.7. The Morgan fingerprint density at radius 3 is 1.59 bits per heavy atom. The highest BCUT2D eigenvalue weighted by molar-refractivity contribution is 6.26. The Balaban J connectivity index is 1.40. The second-order valence-electron chi connectivity index (χ2n) is 10.5. The zero-order valence-electron chi connectivity index (χ0n) is 20.9. The van der Waals surface area contributed by atoms with Crippen LogP contribution in [-0.2, 0) is 0 Å². The van der Waals surface area contributed by atoms with Crippen LogP contribution in [0.1, 0.15) is 0 Å². The molecule has 2 heteroatoms. The summed E-state index contributed by atoms with van der Waals surface area (Å²) in [6.07, 6.45) is 0. The van der Waals surface area contributed by atoms with Gasteiger partial charge in [0.25, 0.3) is 0 Å². The molecule has 0 aliphatic rings. The fourth-order valence-corrected chi connectivity index (χ4v) is 6.76. The van der Waals surface area contributed by atoms with Crippen molar-refractivity contribution in [2.75, 3.05) is 0 Å². The van der Waals surface area contributed by atoms with Gasteiger partial charge in [-0.1, -0.05) is 72.8 Å². The first-order chi connectivity index (χ1) is 19.3. The lowest BCUT2D eigenvalue weighted by atomic mass is 9.90. The molecule has 0 spiro atoms. The molecule has 1 aromatic heterocycles. The second-order valence-corrected chi connectivity index (χ2v) is 10.5. The lowest BCUT2D eigenvalue weighted by molar-refractivity contribution is 1.18. The van der Waals surface area contributed by atoms with E-state index in [-0.39, 0.29) is 0 Å². The van der Waals surface area contributed by atoms with Crippen molar-refractivity contribution in [2.45, 2.75) is 0 Å². The van der Waals surface area contributed by atoms with Crippen molar-refractivity contribution in [3.63, 3.8) is 0 Å². The maximum Gasteiger partial charge on any atom is 0.189 e. The summed E-state index contributed by atoms with van der Waals surface area (Å²) in [6.45, 7) is 7.71. The van der Waals surface area contributed by atoms with Gasteiger partial charge in [0.1, 0.15) is 0 Å². The van der Waals surface area contributed by atoms with Crippen LogP contribution in [0.5, 0.6) is 0 Å². The van der Waals surface area contributed by atoms with E-state index in [0.29, 0.717) is 5.69 Å². The molecule has 0 radical (unpaired) electrons. The molecule has 0 aliphatic heterocycles. The topological polar surface area (TPSA) is 9.29 Å². The van der Waals surface area contributed by atoms with E-state index in [2.05, 4.69) is 113 Å². The number of hydrogen-bond acceptors (Lipinski definition) is 0. The van der Waals surface area contributed by atoms with Crippen molar-refractivity contribution in [1.29, 1.82) is 0 Å². The summed E-state index contributed by atoms with van der Waals surface area (Å²) < 4.78 is 2.33. The minimum absolute atomic E-state index is 0.665. The van der Waals surface area contributed by atoms with Crippen LogP contribution in [0.4, 0.5) is 5.69 Å². The lowest BCUT2D eigenvalue weighted by Gasteiger charge is -2.14. The summed E-state index contributed by atoms with van der Waals surface area (Å²) in [5.41, 5.74) is 6.43. The van der Waals surface area contributed by atoms with Crippen molar-refractivity contribution in [3.05, 3.63) is 133 Å². The van der Waals surface area contributed by atoms with E-state index in [0.717, 1.165) is 16.6 Å². The van der Waals surface area contributed by atoms with Crippen molar-refractivity contribution in [2.24, 2.45) is 0 Å². The lowest BCUT2D eigenvalue weighted by Crippen LogP contribution is -1.93. The Hall–Kier alpha value is -5.39. The smallest absolute Gasteiger partial charge is 0.189 e. The van der Waals surface area contributed by atoms with Crippen molar-refractivity contribution in [1.82, 2.24) is 4.57 Å². The Morgan fingerprint density at radius 1 is 0.436 bits per heavy atom. The molecule has 178 valence electrons. The highest BCUT2D eigenvalue weighted by Crippen LogP contribution is 2.44. The van der Waals surface area contributed by atoms with Crippen LogP contribution >= 0.6 is 0 Å². The molecular formula is C37H20N2. The van der Waals surface area contributed by atoms with Crippen LogP contribution in [-0.4, -0.2) is 4.57 Å². The standard InChI is InChI=1S/C37H20N2/c1-38-30-19-27-15-14-26-18-29(20-32-36(26)37(27)33(21-30)39(32)31-8-3-2-4-9-31)28-16-24-12-10-22-6-5-7-23-11-13-25(17-28)35(24)34(22)23/h2-21H. The number of benzene rings is 8. The predicted octanol–water partition coefficient (Wildman–Crippen LogP) is 10.5. The molecule has 9 rings (SSSR count). The minimum Gasteiger partial charge on any atom is -0.310 e. The van der Waals surface area contributed by atoms with Gasteiger partial charge in [0.2, 0.25) is 0 Å². The number of aromatic nitrogens is 1. The molecule has 0 atom stereocenters. The molecule has 0 unspecified atom stereocenters. The van der Waals surface area contributed by atoms with Crippen molar-refractivity contribution >= 4 is 70.6 Å². The maximum absolute atomic E-state index is 7.71. The van der Waals surface area contributed by atoms with Crippen LogP contribution in [0.25, 0.3) is 86.6 Å². The Bertz CT molecular complexity index is 2370. The van der Waals surface area contributed by atoms with Gasteiger partial charge in [0.15, 0.2) is 5.69 Å². The van der Waals surface area contributed by atoms with Gasteiger partial charge in [-0.2, -0.15) is 0 Å². The van der Waals surface area contributed by atoms with Gasteiger partial charge in [0, 0.05) is 22.0 Å². The predicted molar refractivity (Wildman–Crippen MR) is 165 cm³/mol. The van der Waals surface area contributed by atoms with Crippen LogP contribution in [0, 0.1) is 6.57 Å². The Morgan fingerprint density at radius 2 is 0.949 bits per heavy atom. The van der Waals surface area contributed by atoms with Gasteiger partial charge >= 0.3 is 0 Å². The van der Waals surface area contributed by atoms with Gasteiger partial charge in [-0.15, -0.1) is 0 Å². The first-order valence-corrected chi connectivity index (χ1v) is 13.2. The van der Waals surface area contributed by atoms with Gasteiger partial charge < -0.3 is 4.57 Å². The molecule has 0 saturated heterocycles. The van der Waals surface area contributed by atoms with Gasteiger partial charge in [-0.25, -0.2) is 4.85 Å². The monoisotopic (exact) mass is 492 g/mol. The molecule has 0 saturated carbocycles. The van der Waals surface area contributed by atoms with Crippen LogP contribution in [0.2, 0.25) is 0 Å². The fraction of sp³-hybridized carbons (Fsp3) is 0. The third kappa shape index (κ3) is 2.74. The third-order valence-electron chi connectivity index (χ3n) is 8.40. The van der Waals surface area contributed by atoms with Crippen LogP contribution in [0.15, 0.2) is 121 Å². The number of rotatable bonds is 2. The van der Waals surface area contributed by atoms with Gasteiger partial charge in [-0.3, -0.25) is 0 Å². The molecule has 0 N–H and O–H groups in total. The third-order valence-corrected chi connectivity index (χ3v) is 8.40. The normalized spacial score (nSPS) is 12.1. The van der Waals surface area contributed by atoms with Crippen LogP contribution in [0.3, 0.4) is 0 Å². The van der Waals surface area contributed by atoms with Gasteiger partial charge in [-0.05, 0) is 103 Å². The molecule has 1 heterocycles. The first kappa shape index (κ1) is 20.6. The minimum atomic E-state index is 0.665. The molecule has 2 nitrogen and oxygen atoms in total. The largest absolute Gasteiger partial charge is 0.310 e. The Labute approximate surface area is 224 Å². The Kier molecular flexibility index (Phi) is 3.89. The molecule has 0 aliphatic carbocycles. The van der Waals surface area contributed by atoms with Crippen LogP contribution < -0.4 is 0 Å². The molecule has 0 bridgehead atoms. The summed E-state index contributed by atoms with van der Waals surface area (Å²) in [5, 5.41) is 12.6.